The maximum absolute atomic E-state index is 11.9. The van der Waals surface area contributed by atoms with Crippen LogP contribution in [-0.4, -0.2) is 42.8 Å². The summed E-state index contributed by atoms with van der Waals surface area (Å²) in [7, 11) is 3.21. The number of ether oxygens (including phenoxy) is 2. The fraction of sp³-hybridized carbons (Fsp3) is 0.381. The van der Waals surface area contributed by atoms with Crippen LogP contribution in [0.2, 0.25) is 0 Å². The first-order valence-electron chi connectivity index (χ1n) is 9.01. The SMILES string of the molecule is COc1cc(Br)c(C(c2ccccc2)N2CCCCC2C(=O)O)cc1OC. The van der Waals surface area contributed by atoms with Gasteiger partial charge in [-0.1, -0.05) is 52.7 Å². The average Bonchev–Trinajstić information content (AvgIpc) is 2.70. The van der Waals surface area contributed by atoms with Crippen molar-refractivity contribution in [2.45, 2.75) is 31.3 Å². The first-order chi connectivity index (χ1) is 13.1. The van der Waals surface area contributed by atoms with Crippen LogP contribution in [0.3, 0.4) is 0 Å². The minimum absolute atomic E-state index is 0.193. The monoisotopic (exact) mass is 433 g/mol. The Balaban J connectivity index is 2.15. The molecule has 2 unspecified atom stereocenters. The van der Waals surface area contributed by atoms with Gasteiger partial charge in [0.05, 0.1) is 20.3 Å². The molecule has 1 fully saturated rings. The van der Waals surface area contributed by atoms with Crippen LogP contribution in [0.4, 0.5) is 0 Å². The van der Waals surface area contributed by atoms with Crippen molar-refractivity contribution in [1.82, 2.24) is 4.90 Å². The molecule has 5 nitrogen and oxygen atoms in total. The van der Waals surface area contributed by atoms with Crippen molar-refractivity contribution in [2.24, 2.45) is 0 Å². The van der Waals surface area contributed by atoms with Gasteiger partial charge in [0.25, 0.3) is 0 Å². The molecule has 144 valence electrons. The van der Waals surface area contributed by atoms with Gasteiger partial charge in [0.1, 0.15) is 6.04 Å². The molecule has 1 aliphatic heterocycles. The summed E-state index contributed by atoms with van der Waals surface area (Å²) in [6.45, 7) is 0.733. The van der Waals surface area contributed by atoms with Crippen LogP contribution in [0, 0.1) is 0 Å². The molecule has 6 heteroatoms. The van der Waals surface area contributed by atoms with Crippen LogP contribution in [-0.2, 0) is 4.79 Å². The number of methoxy groups -OCH3 is 2. The highest BCUT2D eigenvalue weighted by molar-refractivity contribution is 9.10. The second kappa shape index (κ2) is 8.76. The lowest BCUT2D eigenvalue weighted by Crippen LogP contribution is -2.46. The third-order valence-electron chi connectivity index (χ3n) is 5.07. The van der Waals surface area contributed by atoms with E-state index in [-0.39, 0.29) is 6.04 Å². The number of rotatable bonds is 6. The predicted octanol–water partition coefficient (Wildman–Crippen LogP) is 4.49. The van der Waals surface area contributed by atoms with Gasteiger partial charge >= 0.3 is 5.97 Å². The Morgan fingerprint density at radius 3 is 2.44 bits per heavy atom. The van der Waals surface area contributed by atoms with Crippen LogP contribution in [0.1, 0.15) is 36.4 Å². The summed E-state index contributed by atoms with van der Waals surface area (Å²) in [5.74, 6) is 0.487. The van der Waals surface area contributed by atoms with E-state index in [0.29, 0.717) is 17.9 Å². The number of aliphatic carboxylic acids is 1. The van der Waals surface area contributed by atoms with E-state index in [4.69, 9.17) is 9.47 Å². The molecule has 0 bridgehead atoms. The van der Waals surface area contributed by atoms with E-state index in [9.17, 15) is 9.90 Å². The van der Waals surface area contributed by atoms with Gasteiger partial charge in [0.15, 0.2) is 11.5 Å². The van der Waals surface area contributed by atoms with Gasteiger partial charge in [-0.2, -0.15) is 0 Å². The smallest absolute Gasteiger partial charge is 0.320 e. The highest BCUT2D eigenvalue weighted by atomic mass is 79.9. The van der Waals surface area contributed by atoms with Crippen molar-refractivity contribution in [1.29, 1.82) is 0 Å². The van der Waals surface area contributed by atoms with Crippen LogP contribution in [0.5, 0.6) is 11.5 Å². The van der Waals surface area contributed by atoms with Crippen LogP contribution >= 0.6 is 15.9 Å². The molecule has 2 aromatic rings. The molecule has 0 aliphatic carbocycles. The van der Waals surface area contributed by atoms with Gasteiger partial charge in [-0.25, -0.2) is 0 Å². The third-order valence-corrected chi connectivity index (χ3v) is 5.76. The number of carbonyl (C=O) groups is 1. The summed E-state index contributed by atoms with van der Waals surface area (Å²) >= 11 is 3.66. The van der Waals surface area contributed by atoms with Crippen LogP contribution in [0.25, 0.3) is 0 Å². The van der Waals surface area contributed by atoms with Crippen LogP contribution in [0.15, 0.2) is 46.9 Å². The number of nitrogens with zero attached hydrogens (tertiary/aromatic N) is 1. The number of carboxylic acids is 1. The van der Waals surface area contributed by atoms with E-state index in [0.717, 1.165) is 35.0 Å². The second-order valence-corrected chi connectivity index (χ2v) is 7.48. The summed E-state index contributed by atoms with van der Waals surface area (Å²) in [6.07, 6.45) is 2.57. The Morgan fingerprint density at radius 2 is 1.81 bits per heavy atom. The summed E-state index contributed by atoms with van der Waals surface area (Å²) in [5, 5.41) is 9.81. The highest BCUT2D eigenvalue weighted by Crippen LogP contribution is 2.42. The van der Waals surface area contributed by atoms with E-state index in [1.54, 1.807) is 14.2 Å². The number of halogens is 1. The molecule has 2 aromatic carbocycles. The molecule has 1 N–H and O–H groups in total. The maximum Gasteiger partial charge on any atom is 0.320 e. The number of likely N-dealkylation sites (tertiary alicyclic amines) is 1. The maximum atomic E-state index is 11.9. The third kappa shape index (κ3) is 4.12. The first-order valence-corrected chi connectivity index (χ1v) is 9.81. The molecule has 27 heavy (non-hydrogen) atoms. The number of piperidine rings is 1. The summed E-state index contributed by atoms with van der Waals surface area (Å²) < 4.78 is 11.8. The Kier molecular flexibility index (Phi) is 6.39. The molecule has 0 amide bonds. The fourth-order valence-corrected chi connectivity index (χ4v) is 4.33. The summed E-state index contributed by atoms with van der Waals surface area (Å²) in [6, 6.07) is 13.1. The average molecular weight is 434 g/mol. The molecular weight excluding hydrogens is 410 g/mol. The largest absolute Gasteiger partial charge is 0.493 e. The van der Waals surface area contributed by atoms with E-state index >= 15 is 0 Å². The standard InChI is InChI=1S/C21H24BrNO4/c1-26-18-12-15(16(22)13-19(18)27-2)20(14-8-4-3-5-9-14)23-11-7-6-10-17(23)21(24)25/h3-5,8-9,12-13,17,20H,6-7,10-11H2,1-2H3,(H,24,25). The number of benzene rings is 2. The quantitative estimate of drug-likeness (QED) is 0.726. The Morgan fingerprint density at radius 1 is 1.15 bits per heavy atom. The van der Waals surface area contributed by atoms with Crippen molar-refractivity contribution in [3.63, 3.8) is 0 Å². The predicted molar refractivity (Wildman–Crippen MR) is 108 cm³/mol. The lowest BCUT2D eigenvalue weighted by Gasteiger charge is -2.40. The molecule has 2 atom stereocenters. The second-order valence-electron chi connectivity index (χ2n) is 6.63. The number of hydrogen-bond donors (Lipinski definition) is 1. The number of hydrogen-bond acceptors (Lipinski definition) is 4. The fourth-order valence-electron chi connectivity index (χ4n) is 3.79. The van der Waals surface area contributed by atoms with E-state index < -0.39 is 12.0 Å². The molecule has 0 aromatic heterocycles. The molecule has 0 saturated carbocycles. The van der Waals surface area contributed by atoms with Gasteiger partial charge in [0.2, 0.25) is 0 Å². The zero-order valence-corrected chi connectivity index (χ0v) is 17.1. The van der Waals surface area contributed by atoms with Gasteiger partial charge < -0.3 is 14.6 Å². The van der Waals surface area contributed by atoms with Crippen LogP contribution < -0.4 is 9.47 Å². The number of carboxylic acid groups (broad SMARTS) is 1. The molecule has 0 spiro atoms. The van der Waals surface area contributed by atoms with Crippen molar-refractivity contribution in [2.75, 3.05) is 20.8 Å². The van der Waals surface area contributed by atoms with Gasteiger partial charge in [-0.05, 0) is 42.6 Å². The minimum Gasteiger partial charge on any atom is -0.493 e. The van der Waals surface area contributed by atoms with Crippen molar-refractivity contribution in [3.8, 4) is 11.5 Å². The first kappa shape index (κ1) is 19.7. The topological polar surface area (TPSA) is 59.0 Å². The zero-order chi connectivity index (χ0) is 19.4. The molecule has 1 aliphatic rings. The molecule has 1 saturated heterocycles. The highest BCUT2D eigenvalue weighted by Gasteiger charge is 2.36. The van der Waals surface area contributed by atoms with E-state index in [1.165, 1.54) is 0 Å². The lowest BCUT2D eigenvalue weighted by atomic mass is 9.91. The van der Waals surface area contributed by atoms with Crippen molar-refractivity contribution >= 4 is 21.9 Å². The van der Waals surface area contributed by atoms with Crippen molar-refractivity contribution < 1.29 is 19.4 Å². The molecule has 1 heterocycles. The summed E-state index contributed by atoms with van der Waals surface area (Å²) in [5.41, 5.74) is 2.02. The van der Waals surface area contributed by atoms with Crippen molar-refractivity contribution in [3.05, 3.63) is 58.1 Å². The van der Waals surface area contributed by atoms with Gasteiger partial charge in [-0.15, -0.1) is 0 Å². The normalized spacial score (nSPS) is 18.7. The summed E-state index contributed by atoms with van der Waals surface area (Å²) in [4.78, 5) is 14.0. The Hall–Kier alpha value is -2.05. The molecular formula is C21H24BrNO4. The molecule has 0 radical (unpaired) electrons. The lowest BCUT2D eigenvalue weighted by molar-refractivity contribution is -0.145. The van der Waals surface area contributed by atoms with Gasteiger partial charge in [0, 0.05) is 4.47 Å². The molecule has 3 rings (SSSR count). The Labute approximate surface area is 168 Å². The Bertz CT molecular complexity index is 796. The zero-order valence-electron chi connectivity index (χ0n) is 15.5. The van der Waals surface area contributed by atoms with E-state index in [2.05, 4.69) is 20.8 Å². The van der Waals surface area contributed by atoms with Gasteiger partial charge in [-0.3, -0.25) is 9.69 Å². The minimum atomic E-state index is -0.771. The van der Waals surface area contributed by atoms with E-state index in [1.807, 2.05) is 42.5 Å².